The zero-order chi connectivity index (χ0) is 19.5. The lowest BCUT2D eigenvalue weighted by Crippen LogP contribution is -2.26. The second-order valence-corrected chi connectivity index (χ2v) is 6.59. The molecule has 0 atom stereocenters. The summed E-state index contributed by atoms with van der Waals surface area (Å²) in [7, 11) is 1.60. The minimum atomic E-state index is -0.394. The molecule has 0 saturated heterocycles. The Hall–Kier alpha value is -2.62. The fourth-order valence-corrected chi connectivity index (χ4v) is 2.80. The maximum absolute atomic E-state index is 12.1. The number of halogens is 1. The molecule has 0 aliphatic rings. The number of methoxy groups -OCH3 is 1. The summed E-state index contributed by atoms with van der Waals surface area (Å²) in [5, 5.41) is 12.0. The third-order valence-corrected chi connectivity index (χ3v) is 4.30. The highest BCUT2D eigenvalue weighted by atomic mass is 79.9. The molecule has 0 aliphatic carbocycles. The molecule has 0 heterocycles. The van der Waals surface area contributed by atoms with E-state index in [-0.39, 0.29) is 5.57 Å². The van der Waals surface area contributed by atoms with Gasteiger partial charge in [-0.2, -0.15) is 5.26 Å². The molecular formula is C21H21BrN2O3. The Kier molecular flexibility index (Phi) is 8.56. The first-order chi connectivity index (χ1) is 13.1. The molecule has 1 amide bonds. The molecule has 0 saturated carbocycles. The van der Waals surface area contributed by atoms with Crippen LogP contribution in [0.4, 0.5) is 0 Å². The van der Waals surface area contributed by atoms with Crippen LogP contribution in [0, 0.1) is 11.3 Å². The number of benzene rings is 2. The Labute approximate surface area is 167 Å². The smallest absolute Gasteiger partial charge is 0.261 e. The fourth-order valence-electron chi connectivity index (χ4n) is 2.29. The molecule has 0 radical (unpaired) electrons. The number of carbonyl (C=O) groups excluding carboxylic acids is 1. The molecule has 1 N–H and O–H groups in total. The Morgan fingerprint density at radius 2 is 2.04 bits per heavy atom. The minimum Gasteiger partial charge on any atom is -0.488 e. The van der Waals surface area contributed by atoms with E-state index in [1.807, 2.05) is 48.5 Å². The molecule has 27 heavy (non-hydrogen) atoms. The molecule has 6 heteroatoms. The summed E-state index contributed by atoms with van der Waals surface area (Å²) in [5.74, 6) is 0.299. The number of nitrogens with one attached hydrogen (secondary N) is 1. The average molecular weight is 429 g/mol. The highest BCUT2D eigenvalue weighted by molar-refractivity contribution is 9.10. The van der Waals surface area contributed by atoms with Crippen LogP contribution >= 0.6 is 15.9 Å². The monoisotopic (exact) mass is 428 g/mol. The van der Waals surface area contributed by atoms with Crippen LogP contribution in [0.25, 0.3) is 6.08 Å². The standard InChI is InChI=1S/C21H21BrN2O3/c1-26-11-5-10-24-21(25)18(14-23)12-17-8-9-20(19(22)13-17)27-15-16-6-3-2-4-7-16/h2-4,6-9,12-13H,5,10-11,15H2,1H3,(H,24,25)/b18-12+. The lowest BCUT2D eigenvalue weighted by molar-refractivity contribution is -0.117. The predicted molar refractivity (Wildman–Crippen MR) is 108 cm³/mol. The number of hydrogen-bond acceptors (Lipinski definition) is 4. The van der Waals surface area contributed by atoms with Crippen molar-refractivity contribution in [3.63, 3.8) is 0 Å². The van der Waals surface area contributed by atoms with Crippen molar-refractivity contribution in [2.45, 2.75) is 13.0 Å². The van der Waals surface area contributed by atoms with Crippen molar-refractivity contribution in [3.05, 3.63) is 69.7 Å². The molecule has 2 rings (SSSR count). The van der Waals surface area contributed by atoms with Crippen LogP contribution in [-0.2, 0) is 16.1 Å². The van der Waals surface area contributed by atoms with Gasteiger partial charge in [0, 0.05) is 20.3 Å². The van der Waals surface area contributed by atoms with E-state index in [0.717, 1.165) is 15.6 Å². The largest absolute Gasteiger partial charge is 0.488 e. The lowest BCUT2D eigenvalue weighted by atomic mass is 10.1. The second kappa shape index (κ2) is 11.2. The van der Waals surface area contributed by atoms with Crippen molar-refractivity contribution in [1.29, 1.82) is 5.26 Å². The first kappa shape index (κ1) is 20.7. The summed E-state index contributed by atoms with van der Waals surface area (Å²) in [6, 6.07) is 17.3. The summed E-state index contributed by atoms with van der Waals surface area (Å²) in [4.78, 5) is 12.1. The van der Waals surface area contributed by atoms with Crippen molar-refractivity contribution < 1.29 is 14.3 Å². The zero-order valence-electron chi connectivity index (χ0n) is 15.1. The maximum atomic E-state index is 12.1. The Morgan fingerprint density at radius 3 is 2.70 bits per heavy atom. The third-order valence-electron chi connectivity index (χ3n) is 3.68. The van der Waals surface area contributed by atoms with E-state index in [9.17, 15) is 10.1 Å². The second-order valence-electron chi connectivity index (χ2n) is 5.74. The molecule has 0 spiro atoms. The van der Waals surface area contributed by atoms with Crippen LogP contribution in [0.15, 0.2) is 58.6 Å². The van der Waals surface area contributed by atoms with Crippen molar-refractivity contribution in [2.24, 2.45) is 0 Å². The van der Waals surface area contributed by atoms with Gasteiger partial charge in [0.1, 0.15) is 24.0 Å². The van der Waals surface area contributed by atoms with Crippen molar-refractivity contribution in [3.8, 4) is 11.8 Å². The fraction of sp³-hybridized carbons (Fsp3) is 0.238. The Balaban J connectivity index is 2.01. The van der Waals surface area contributed by atoms with Gasteiger partial charge in [0.05, 0.1) is 4.47 Å². The zero-order valence-corrected chi connectivity index (χ0v) is 16.7. The topological polar surface area (TPSA) is 71.3 Å². The van der Waals surface area contributed by atoms with Crippen LogP contribution in [0.2, 0.25) is 0 Å². The number of ether oxygens (including phenoxy) is 2. The molecule has 2 aromatic rings. The number of rotatable bonds is 9. The SMILES string of the molecule is COCCCNC(=O)/C(C#N)=C/c1ccc(OCc2ccccc2)c(Br)c1. The van der Waals surface area contributed by atoms with E-state index in [1.165, 1.54) is 0 Å². The molecule has 0 aliphatic heterocycles. The molecule has 0 aromatic heterocycles. The Bertz CT molecular complexity index is 829. The number of nitriles is 1. The highest BCUT2D eigenvalue weighted by Gasteiger charge is 2.09. The van der Waals surface area contributed by atoms with Gasteiger partial charge in [-0.25, -0.2) is 0 Å². The average Bonchev–Trinajstić information content (AvgIpc) is 2.69. The number of amides is 1. The van der Waals surface area contributed by atoms with Gasteiger partial charge in [-0.3, -0.25) is 4.79 Å². The van der Waals surface area contributed by atoms with E-state index in [1.54, 1.807) is 19.3 Å². The molecule has 5 nitrogen and oxygen atoms in total. The van der Waals surface area contributed by atoms with E-state index in [4.69, 9.17) is 9.47 Å². The lowest BCUT2D eigenvalue weighted by Gasteiger charge is -2.09. The Morgan fingerprint density at radius 1 is 1.26 bits per heavy atom. The van der Waals surface area contributed by atoms with Crippen LogP contribution in [0.1, 0.15) is 17.5 Å². The van der Waals surface area contributed by atoms with Crippen molar-refractivity contribution in [1.82, 2.24) is 5.32 Å². The summed E-state index contributed by atoms with van der Waals surface area (Å²) in [6.07, 6.45) is 2.25. The third kappa shape index (κ3) is 6.89. The van der Waals surface area contributed by atoms with Gasteiger partial charge in [0.2, 0.25) is 0 Å². The molecule has 0 fully saturated rings. The normalized spacial score (nSPS) is 10.9. The van der Waals surface area contributed by atoms with Gasteiger partial charge in [-0.1, -0.05) is 36.4 Å². The minimum absolute atomic E-state index is 0.0530. The van der Waals surface area contributed by atoms with Crippen LogP contribution in [0.3, 0.4) is 0 Å². The highest BCUT2D eigenvalue weighted by Crippen LogP contribution is 2.27. The summed E-state index contributed by atoms with van der Waals surface area (Å²) in [5.41, 5.74) is 1.86. The van der Waals surface area contributed by atoms with E-state index in [0.29, 0.717) is 31.9 Å². The van der Waals surface area contributed by atoms with E-state index < -0.39 is 5.91 Å². The first-order valence-corrected chi connectivity index (χ1v) is 9.28. The first-order valence-electron chi connectivity index (χ1n) is 8.49. The van der Waals surface area contributed by atoms with Gasteiger partial charge in [0.25, 0.3) is 5.91 Å². The number of hydrogen-bond donors (Lipinski definition) is 1. The number of nitrogens with zero attached hydrogens (tertiary/aromatic N) is 1. The van der Waals surface area contributed by atoms with Crippen LogP contribution < -0.4 is 10.1 Å². The molecule has 0 unspecified atom stereocenters. The van der Waals surface area contributed by atoms with E-state index >= 15 is 0 Å². The molecule has 0 bridgehead atoms. The van der Waals surface area contributed by atoms with Crippen LogP contribution in [-0.4, -0.2) is 26.2 Å². The molecule has 140 valence electrons. The summed E-state index contributed by atoms with van der Waals surface area (Å²) < 4.78 is 11.5. The van der Waals surface area contributed by atoms with Crippen molar-refractivity contribution >= 4 is 27.9 Å². The predicted octanol–water partition coefficient (Wildman–Crippen LogP) is 4.09. The van der Waals surface area contributed by atoms with Crippen molar-refractivity contribution in [2.75, 3.05) is 20.3 Å². The van der Waals surface area contributed by atoms with Gasteiger partial charge >= 0.3 is 0 Å². The maximum Gasteiger partial charge on any atom is 0.261 e. The van der Waals surface area contributed by atoms with Gasteiger partial charge in [-0.15, -0.1) is 0 Å². The van der Waals surface area contributed by atoms with Gasteiger partial charge < -0.3 is 14.8 Å². The molecular weight excluding hydrogens is 408 g/mol. The van der Waals surface area contributed by atoms with Crippen LogP contribution in [0.5, 0.6) is 5.75 Å². The van der Waals surface area contributed by atoms with E-state index in [2.05, 4.69) is 21.2 Å². The number of carbonyl (C=O) groups is 1. The quantitative estimate of drug-likeness (QED) is 0.370. The molecule has 2 aromatic carbocycles. The van der Waals surface area contributed by atoms with Gasteiger partial charge in [0.15, 0.2) is 0 Å². The van der Waals surface area contributed by atoms with Gasteiger partial charge in [-0.05, 0) is 51.7 Å². The summed E-state index contributed by atoms with van der Waals surface area (Å²) in [6.45, 7) is 1.48. The summed E-state index contributed by atoms with van der Waals surface area (Å²) >= 11 is 3.48.